The van der Waals surface area contributed by atoms with Crippen LogP contribution in [0.1, 0.15) is 17.7 Å². The number of carbonyl (C=O) groups excluding carboxylic acids is 1. The molecule has 0 spiro atoms. The number of nitrogens with one attached hydrogen (secondary N) is 1. The molecule has 2 aromatic carbocycles. The monoisotopic (exact) mass is 433 g/mol. The molecule has 0 bridgehead atoms. The molecule has 3 rings (SSSR count). The third kappa shape index (κ3) is 5.21. The van der Waals surface area contributed by atoms with Crippen LogP contribution < -0.4 is 5.32 Å². The average Bonchev–Trinajstić information content (AvgIpc) is 3.18. The van der Waals surface area contributed by atoms with Crippen LogP contribution in [0.25, 0.3) is 11.8 Å². The fourth-order valence-electron chi connectivity index (χ4n) is 2.90. The van der Waals surface area contributed by atoms with Crippen LogP contribution in [0.2, 0.25) is 0 Å². The van der Waals surface area contributed by atoms with Crippen LogP contribution in [-0.4, -0.2) is 17.0 Å². The lowest BCUT2D eigenvalue weighted by Gasteiger charge is -2.08. The van der Waals surface area contributed by atoms with Crippen molar-refractivity contribution in [1.29, 1.82) is 5.26 Å². The van der Waals surface area contributed by atoms with Gasteiger partial charge < -0.3 is 9.88 Å². The summed E-state index contributed by atoms with van der Waals surface area (Å²) in [5.74, 6) is -0.349. The van der Waals surface area contributed by atoms with Crippen LogP contribution >= 0.6 is 15.9 Å². The molecule has 0 aliphatic carbocycles. The fraction of sp³-hybridized carbons (Fsp3) is 0.130. The summed E-state index contributed by atoms with van der Waals surface area (Å²) in [5.41, 5.74) is 3.05. The summed E-state index contributed by atoms with van der Waals surface area (Å²) in [6, 6.07) is 23.8. The quantitative estimate of drug-likeness (QED) is 0.327. The highest BCUT2D eigenvalue weighted by molar-refractivity contribution is 9.10. The molecule has 0 fully saturated rings. The lowest BCUT2D eigenvalue weighted by Crippen LogP contribution is -2.26. The second kappa shape index (κ2) is 9.72. The van der Waals surface area contributed by atoms with Crippen LogP contribution in [0.15, 0.2) is 83.0 Å². The number of amides is 1. The third-order valence-corrected chi connectivity index (χ3v) is 4.79. The molecule has 0 aliphatic heterocycles. The summed E-state index contributed by atoms with van der Waals surface area (Å²) in [4.78, 5) is 12.4. The largest absolute Gasteiger partial charge is 0.351 e. The van der Waals surface area contributed by atoms with Gasteiger partial charge in [-0.2, -0.15) is 5.26 Å². The zero-order valence-corrected chi connectivity index (χ0v) is 16.9. The highest BCUT2D eigenvalue weighted by Gasteiger charge is 2.10. The summed E-state index contributed by atoms with van der Waals surface area (Å²) in [6.45, 7) is 0.527. The van der Waals surface area contributed by atoms with Gasteiger partial charge in [-0.25, -0.2) is 0 Å². The molecule has 0 atom stereocenters. The highest BCUT2D eigenvalue weighted by Crippen LogP contribution is 2.19. The number of nitrogens with zero attached hydrogens (tertiary/aromatic N) is 2. The highest BCUT2D eigenvalue weighted by atomic mass is 79.9. The Hall–Kier alpha value is -3.10. The van der Waals surface area contributed by atoms with Gasteiger partial charge in [0.05, 0.1) is 0 Å². The Labute approximate surface area is 173 Å². The molecular formula is C23H20BrN3O. The molecule has 0 aliphatic rings. The minimum Gasteiger partial charge on any atom is -0.351 e. The van der Waals surface area contributed by atoms with Gasteiger partial charge in [0.1, 0.15) is 11.6 Å². The van der Waals surface area contributed by atoms with Crippen LogP contribution in [0.3, 0.4) is 0 Å². The van der Waals surface area contributed by atoms with Gasteiger partial charge in [0.2, 0.25) is 0 Å². The smallest absolute Gasteiger partial charge is 0.262 e. The van der Waals surface area contributed by atoms with E-state index in [2.05, 4.69) is 33.4 Å². The van der Waals surface area contributed by atoms with E-state index in [4.69, 9.17) is 0 Å². The molecular weight excluding hydrogens is 414 g/mol. The van der Waals surface area contributed by atoms with Gasteiger partial charge in [-0.05, 0) is 54.8 Å². The maximum atomic E-state index is 12.4. The first-order valence-electron chi connectivity index (χ1n) is 9.04. The summed E-state index contributed by atoms with van der Waals surface area (Å²) in [6.07, 6.45) is 5.23. The number of benzene rings is 2. The van der Waals surface area contributed by atoms with Crippen LogP contribution in [0.4, 0.5) is 0 Å². The van der Waals surface area contributed by atoms with Crippen LogP contribution in [0, 0.1) is 11.3 Å². The molecule has 0 unspecified atom stereocenters. The molecule has 0 saturated carbocycles. The molecule has 1 N–H and O–H groups in total. The number of hydrogen-bond acceptors (Lipinski definition) is 2. The van der Waals surface area contributed by atoms with E-state index < -0.39 is 0 Å². The second-order valence-corrected chi connectivity index (χ2v) is 7.21. The van der Waals surface area contributed by atoms with Gasteiger partial charge in [-0.15, -0.1) is 0 Å². The summed E-state index contributed by atoms with van der Waals surface area (Å²) < 4.78 is 2.90. The maximum Gasteiger partial charge on any atom is 0.262 e. The van der Waals surface area contributed by atoms with Crippen molar-refractivity contribution in [3.63, 3.8) is 0 Å². The van der Waals surface area contributed by atoms with Crippen molar-refractivity contribution >= 4 is 27.9 Å². The summed E-state index contributed by atoms with van der Waals surface area (Å²) in [5, 5.41) is 12.3. The number of carbonyl (C=O) groups is 1. The first kappa shape index (κ1) is 19.7. The minimum atomic E-state index is -0.349. The zero-order valence-electron chi connectivity index (χ0n) is 15.3. The molecule has 0 saturated heterocycles. The Kier molecular flexibility index (Phi) is 6.83. The van der Waals surface area contributed by atoms with Crippen LogP contribution in [-0.2, 0) is 11.2 Å². The van der Waals surface area contributed by atoms with Crippen molar-refractivity contribution in [2.45, 2.75) is 12.8 Å². The Bertz CT molecular complexity index is 1020. The number of nitriles is 1. The van der Waals surface area contributed by atoms with E-state index in [9.17, 15) is 10.1 Å². The number of aryl methyl sites for hydroxylation is 1. The van der Waals surface area contributed by atoms with E-state index >= 15 is 0 Å². The topological polar surface area (TPSA) is 57.8 Å². The normalized spacial score (nSPS) is 11.1. The number of aromatic nitrogens is 1. The minimum absolute atomic E-state index is 0.0923. The molecule has 1 heterocycles. The van der Waals surface area contributed by atoms with Gasteiger partial charge in [0.15, 0.2) is 0 Å². The molecule has 1 amide bonds. The molecule has 3 aromatic rings. The zero-order chi connectivity index (χ0) is 19.8. The molecule has 140 valence electrons. The van der Waals surface area contributed by atoms with Gasteiger partial charge in [0, 0.05) is 28.6 Å². The third-order valence-electron chi connectivity index (χ3n) is 4.29. The Morgan fingerprint density at radius 2 is 1.93 bits per heavy atom. The lowest BCUT2D eigenvalue weighted by atomic mass is 10.1. The van der Waals surface area contributed by atoms with Gasteiger partial charge in [-0.3, -0.25) is 4.79 Å². The Morgan fingerprint density at radius 1 is 1.11 bits per heavy atom. The van der Waals surface area contributed by atoms with E-state index in [1.165, 1.54) is 5.56 Å². The standard InChI is InChI=1S/C23H20BrN3O/c24-20-10-4-11-22(16-20)27-14-6-12-21(27)15-19(17-25)23(28)26-13-5-9-18-7-2-1-3-8-18/h1-4,6-8,10-12,14-16H,5,9,13H2,(H,26,28)/b19-15-. The number of rotatable bonds is 7. The second-order valence-electron chi connectivity index (χ2n) is 6.30. The predicted molar refractivity (Wildman–Crippen MR) is 115 cm³/mol. The molecule has 4 nitrogen and oxygen atoms in total. The van der Waals surface area contributed by atoms with E-state index in [0.717, 1.165) is 28.7 Å². The summed E-state index contributed by atoms with van der Waals surface area (Å²) in [7, 11) is 0. The van der Waals surface area contributed by atoms with Crippen molar-refractivity contribution in [3.8, 4) is 11.8 Å². The lowest BCUT2D eigenvalue weighted by molar-refractivity contribution is -0.117. The van der Waals surface area contributed by atoms with Gasteiger partial charge >= 0.3 is 0 Å². The van der Waals surface area contributed by atoms with E-state index in [1.807, 2.05) is 71.4 Å². The first-order valence-corrected chi connectivity index (χ1v) is 9.84. The van der Waals surface area contributed by atoms with Gasteiger partial charge in [-0.1, -0.05) is 52.3 Å². The SMILES string of the molecule is N#C/C(=C/c1cccn1-c1cccc(Br)c1)C(=O)NCCCc1ccccc1. The van der Waals surface area contributed by atoms with Crippen molar-refractivity contribution in [2.75, 3.05) is 6.54 Å². The molecule has 0 radical (unpaired) electrons. The average molecular weight is 434 g/mol. The maximum absolute atomic E-state index is 12.4. The van der Waals surface area contributed by atoms with Gasteiger partial charge in [0.25, 0.3) is 5.91 Å². The van der Waals surface area contributed by atoms with Crippen molar-refractivity contribution < 1.29 is 4.79 Å². The van der Waals surface area contributed by atoms with Crippen molar-refractivity contribution in [1.82, 2.24) is 9.88 Å². The van der Waals surface area contributed by atoms with E-state index in [0.29, 0.717) is 6.54 Å². The number of halogens is 1. The number of hydrogen-bond donors (Lipinski definition) is 1. The molecule has 28 heavy (non-hydrogen) atoms. The van der Waals surface area contributed by atoms with E-state index in [-0.39, 0.29) is 11.5 Å². The molecule has 5 heteroatoms. The fourth-order valence-corrected chi connectivity index (χ4v) is 3.29. The first-order chi connectivity index (χ1) is 13.7. The molecule has 1 aromatic heterocycles. The van der Waals surface area contributed by atoms with E-state index in [1.54, 1.807) is 6.08 Å². The Morgan fingerprint density at radius 3 is 2.68 bits per heavy atom. The van der Waals surface area contributed by atoms with Crippen molar-refractivity contribution in [3.05, 3.63) is 94.2 Å². The Balaban J connectivity index is 1.65. The van der Waals surface area contributed by atoms with Crippen LogP contribution in [0.5, 0.6) is 0 Å². The van der Waals surface area contributed by atoms with Crippen molar-refractivity contribution in [2.24, 2.45) is 0 Å². The summed E-state index contributed by atoms with van der Waals surface area (Å²) >= 11 is 3.47. The predicted octanol–water partition coefficient (Wildman–Crippen LogP) is 4.90.